The van der Waals surface area contributed by atoms with Crippen LogP contribution in [0.4, 0.5) is 17.1 Å². The first kappa shape index (κ1) is 18.4. The molecule has 0 atom stereocenters. The minimum absolute atomic E-state index is 0.230. The van der Waals surface area contributed by atoms with Gasteiger partial charge >= 0.3 is 0 Å². The molecule has 1 heterocycles. The van der Waals surface area contributed by atoms with E-state index < -0.39 is 0 Å². The summed E-state index contributed by atoms with van der Waals surface area (Å²) in [7, 11) is 1.65. The standard InChI is InChI=1S/C23H21N3O3/c1-28-18-6-4-5-15(11-18)14-25-17-9-10-21-16(12-17)13-22(29-21)23(27)26-20-8-3-2-7-19(20)24/h2-13,25H,14,24H2,1H3,(H,26,27). The highest BCUT2D eigenvalue weighted by Crippen LogP contribution is 2.25. The fraction of sp³-hybridized carbons (Fsp3) is 0.0870. The van der Waals surface area contributed by atoms with Crippen molar-refractivity contribution in [2.45, 2.75) is 6.54 Å². The molecule has 0 saturated carbocycles. The van der Waals surface area contributed by atoms with Crippen molar-refractivity contribution in [2.24, 2.45) is 0 Å². The van der Waals surface area contributed by atoms with Gasteiger partial charge in [-0.2, -0.15) is 0 Å². The minimum atomic E-state index is -0.343. The highest BCUT2D eigenvalue weighted by molar-refractivity contribution is 6.06. The van der Waals surface area contributed by atoms with Gasteiger partial charge in [0.1, 0.15) is 11.3 Å². The Labute approximate surface area is 168 Å². The lowest BCUT2D eigenvalue weighted by molar-refractivity contribution is 0.0999. The summed E-state index contributed by atoms with van der Waals surface area (Å²) in [4.78, 5) is 12.5. The van der Waals surface area contributed by atoms with E-state index in [1.807, 2.05) is 54.6 Å². The number of carbonyl (C=O) groups excluding carboxylic acids is 1. The van der Waals surface area contributed by atoms with Gasteiger partial charge in [0.15, 0.2) is 5.76 Å². The van der Waals surface area contributed by atoms with Crippen LogP contribution in [-0.2, 0) is 6.54 Å². The van der Waals surface area contributed by atoms with Crippen LogP contribution in [0.1, 0.15) is 16.1 Å². The zero-order valence-corrected chi connectivity index (χ0v) is 15.9. The molecule has 0 spiro atoms. The van der Waals surface area contributed by atoms with Crippen molar-refractivity contribution in [2.75, 3.05) is 23.5 Å². The summed E-state index contributed by atoms with van der Waals surface area (Å²) in [5.41, 5.74) is 9.62. The predicted octanol–water partition coefficient (Wildman–Crippen LogP) is 4.89. The van der Waals surface area contributed by atoms with Crippen LogP contribution in [0.3, 0.4) is 0 Å². The molecule has 0 fully saturated rings. The van der Waals surface area contributed by atoms with E-state index in [1.165, 1.54) is 0 Å². The third-order valence-corrected chi connectivity index (χ3v) is 4.58. The summed E-state index contributed by atoms with van der Waals surface area (Å²) in [5, 5.41) is 6.99. The molecule has 1 amide bonds. The maximum atomic E-state index is 12.5. The summed E-state index contributed by atoms with van der Waals surface area (Å²) in [6.07, 6.45) is 0. The van der Waals surface area contributed by atoms with Crippen molar-refractivity contribution >= 4 is 33.9 Å². The maximum Gasteiger partial charge on any atom is 0.291 e. The number of benzene rings is 3. The van der Waals surface area contributed by atoms with Gasteiger partial charge in [-0.15, -0.1) is 0 Å². The summed E-state index contributed by atoms with van der Waals surface area (Å²) in [6, 6.07) is 22.4. The van der Waals surface area contributed by atoms with E-state index >= 15 is 0 Å². The number of hydrogen-bond acceptors (Lipinski definition) is 5. The summed E-state index contributed by atoms with van der Waals surface area (Å²) in [6.45, 7) is 0.654. The lowest BCUT2D eigenvalue weighted by Crippen LogP contribution is -2.12. The number of anilines is 3. The number of ether oxygens (including phenoxy) is 1. The molecule has 29 heavy (non-hydrogen) atoms. The number of nitrogen functional groups attached to an aromatic ring is 1. The van der Waals surface area contributed by atoms with E-state index in [2.05, 4.69) is 10.6 Å². The van der Waals surface area contributed by atoms with E-state index in [0.29, 0.717) is 23.5 Å². The van der Waals surface area contributed by atoms with E-state index in [1.54, 1.807) is 25.3 Å². The average Bonchev–Trinajstić information content (AvgIpc) is 3.17. The second-order valence-corrected chi connectivity index (χ2v) is 6.61. The lowest BCUT2D eigenvalue weighted by Gasteiger charge is -2.08. The predicted molar refractivity (Wildman–Crippen MR) is 115 cm³/mol. The number of nitrogens with one attached hydrogen (secondary N) is 2. The van der Waals surface area contributed by atoms with Crippen molar-refractivity contribution in [3.05, 3.63) is 84.1 Å². The number of methoxy groups -OCH3 is 1. The Balaban J connectivity index is 1.48. The number of nitrogens with two attached hydrogens (primary N) is 1. The van der Waals surface area contributed by atoms with Gasteiger partial charge in [-0.05, 0) is 54.1 Å². The van der Waals surface area contributed by atoms with Crippen LogP contribution in [0.2, 0.25) is 0 Å². The number of hydrogen-bond donors (Lipinski definition) is 3. The first-order chi connectivity index (χ1) is 14.1. The number of rotatable bonds is 6. The Morgan fingerprint density at radius 1 is 1.03 bits per heavy atom. The Morgan fingerprint density at radius 3 is 2.72 bits per heavy atom. The maximum absolute atomic E-state index is 12.5. The van der Waals surface area contributed by atoms with Gasteiger partial charge in [0, 0.05) is 17.6 Å². The second kappa shape index (κ2) is 7.98. The number of fused-ring (bicyclic) bond motifs is 1. The Bertz CT molecular complexity index is 1170. The largest absolute Gasteiger partial charge is 0.497 e. The quantitative estimate of drug-likeness (QED) is 0.410. The normalized spacial score (nSPS) is 10.7. The van der Waals surface area contributed by atoms with E-state index in [4.69, 9.17) is 14.9 Å². The number of para-hydroxylation sites is 2. The first-order valence-corrected chi connectivity index (χ1v) is 9.18. The van der Waals surface area contributed by atoms with Gasteiger partial charge in [0.2, 0.25) is 0 Å². The molecular weight excluding hydrogens is 366 g/mol. The first-order valence-electron chi connectivity index (χ1n) is 9.18. The highest BCUT2D eigenvalue weighted by atomic mass is 16.5. The molecule has 0 aliphatic heterocycles. The Morgan fingerprint density at radius 2 is 1.90 bits per heavy atom. The minimum Gasteiger partial charge on any atom is -0.497 e. The molecule has 4 N–H and O–H groups in total. The van der Waals surface area contributed by atoms with Crippen molar-refractivity contribution in [3.63, 3.8) is 0 Å². The third-order valence-electron chi connectivity index (χ3n) is 4.58. The van der Waals surface area contributed by atoms with Crippen molar-refractivity contribution in [3.8, 4) is 5.75 Å². The SMILES string of the molecule is COc1cccc(CNc2ccc3oc(C(=O)Nc4ccccc4N)cc3c2)c1. The Kier molecular flexibility index (Phi) is 5.07. The van der Waals surface area contributed by atoms with E-state index in [9.17, 15) is 4.79 Å². The molecule has 6 heteroatoms. The molecule has 4 aromatic rings. The van der Waals surface area contributed by atoms with Gasteiger partial charge in [0.25, 0.3) is 5.91 Å². The average molecular weight is 387 g/mol. The molecule has 0 unspecified atom stereocenters. The molecule has 0 aliphatic carbocycles. The summed E-state index contributed by atoms with van der Waals surface area (Å²) >= 11 is 0. The zero-order chi connectivity index (χ0) is 20.2. The summed E-state index contributed by atoms with van der Waals surface area (Å²) < 4.78 is 10.9. The second-order valence-electron chi connectivity index (χ2n) is 6.61. The van der Waals surface area contributed by atoms with Crippen LogP contribution >= 0.6 is 0 Å². The molecule has 146 valence electrons. The fourth-order valence-electron chi connectivity index (χ4n) is 3.05. The topological polar surface area (TPSA) is 89.5 Å². The smallest absolute Gasteiger partial charge is 0.291 e. The van der Waals surface area contributed by atoms with Gasteiger partial charge in [-0.3, -0.25) is 4.79 Å². The monoisotopic (exact) mass is 387 g/mol. The van der Waals surface area contributed by atoms with E-state index in [0.717, 1.165) is 22.4 Å². The number of furan rings is 1. The fourth-order valence-corrected chi connectivity index (χ4v) is 3.05. The molecule has 4 rings (SSSR count). The third kappa shape index (κ3) is 4.16. The number of carbonyl (C=O) groups is 1. The molecule has 0 radical (unpaired) electrons. The van der Waals surface area contributed by atoms with Gasteiger partial charge < -0.3 is 25.5 Å². The molecule has 0 bridgehead atoms. The molecule has 6 nitrogen and oxygen atoms in total. The zero-order valence-electron chi connectivity index (χ0n) is 15.9. The van der Waals surface area contributed by atoms with E-state index in [-0.39, 0.29) is 11.7 Å². The Hall–Kier alpha value is -3.93. The van der Waals surface area contributed by atoms with Crippen LogP contribution in [-0.4, -0.2) is 13.0 Å². The summed E-state index contributed by atoms with van der Waals surface area (Å²) in [5.74, 6) is 0.711. The van der Waals surface area contributed by atoms with Crippen LogP contribution in [0.25, 0.3) is 11.0 Å². The van der Waals surface area contributed by atoms with Crippen molar-refractivity contribution in [1.29, 1.82) is 0 Å². The molecule has 1 aromatic heterocycles. The van der Waals surface area contributed by atoms with Crippen LogP contribution in [0.5, 0.6) is 5.75 Å². The van der Waals surface area contributed by atoms with Gasteiger partial charge in [-0.25, -0.2) is 0 Å². The van der Waals surface area contributed by atoms with Crippen LogP contribution in [0.15, 0.2) is 77.2 Å². The van der Waals surface area contributed by atoms with Crippen molar-refractivity contribution < 1.29 is 13.9 Å². The lowest BCUT2D eigenvalue weighted by atomic mass is 10.2. The highest BCUT2D eigenvalue weighted by Gasteiger charge is 2.14. The molecule has 0 saturated heterocycles. The van der Waals surface area contributed by atoms with Gasteiger partial charge in [-0.1, -0.05) is 24.3 Å². The van der Waals surface area contributed by atoms with Crippen molar-refractivity contribution in [1.82, 2.24) is 0 Å². The molecule has 3 aromatic carbocycles. The molecule has 0 aliphatic rings. The van der Waals surface area contributed by atoms with Crippen LogP contribution in [0, 0.1) is 0 Å². The number of amides is 1. The van der Waals surface area contributed by atoms with Gasteiger partial charge in [0.05, 0.1) is 18.5 Å². The van der Waals surface area contributed by atoms with Crippen LogP contribution < -0.4 is 21.1 Å². The molecular formula is C23H21N3O3.